The second-order valence-corrected chi connectivity index (χ2v) is 7.18. The van der Waals surface area contributed by atoms with Crippen LogP contribution in [0.15, 0.2) is 17.4 Å². The third-order valence-electron chi connectivity index (χ3n) is 5.03. The van der Waals surface area contributed by atoms with E-state index in [1.165, 1.54) is 0 Å². The maximum Gasteiger partial charge on any atom is 0.246 e. The highest BCUT2D eigenvalue weighted by molar-refractivity contribution is 14.0. The predicted octanol–water partition coefficient (Wildman–Crippen LogP) is 0.696. The number of hydrogen-bond acceptors (Lipinski definition) is 6. The topological polar surface area (TPSA) is 106 Å². The van der Waals surface area contributed by atoms with Gasteiger partial charge in [-0.25, -0.2) is 4.99 Å². The van der Waals surface area contributed by atoms with Crippen LogP contribution in [0.2, 0.25) is 0 Å². The number of rotatable bonds is 8. The van der Waals surface area contributed by atoms with Crippen LogP contribution in [0.1, 0.15) is 25.0 Å². The molecular formula is C19H32IN9O2. The number of nitrogens with one attached hydrogen (secondary N) is 1. The zero-order valence-corrected chi connectivity index (χ0v) is 20.9. The first-order valence-corrected chi connectivity index (χ1v) is 10.2. The van der Waals surface area contributed by atoms with Crippen LogP contribution in [0.3, 0.4) is 0 Å². The summed E-state index contributed by atoms with van der Waals surface area (Å²) in [5.74, 6) is 2.34. The van der Waals surface area contributed by atoms with Gasteiger partial charge in [0.05, 0.1) is 11.9 Å². The van der Waals surface area contributed by atoms with E-state index in [2.05, 4.69) is 20.6 Å². The Morgan fingerprint density at radius 3 is 2.71 bits per heavy atom. The molecule has 2 aromatic heterocycles. The first-order chi connectivity index (χ1) is 14.5. The minimum Gasteiger partial charge on any atom is -0.382 e. The van der Waals surface area contributed by atoms with Crippen LogP contribution in [0.5, 0.6) is 0 Å². The molecule has 0 aromatic carbocycles. The van der Waals surface area contributed by atoms with Crippen molar-refractivity contribution in [3.8, 4) is 0 Å². The number of aliphatic imine (C=N–C) groups is 1. The molecule has 0 radical (unpaired) electrons. The summed E-state index contributed by atoms with van der Waals surface area (Å²) in [4.78, 5) is 21.3. The highest BCUT2D eigenvalue weighted by atomic mass is 127. The summed E-state index contributed by atoms with van der Waals surface area (Å²) in [6.45, 7) is 7.90. The molecule has 2 aromatic rings. The number of piperazine rings is 1. The summed E-state index contributed by atoms with van der Waals surface area (Å²) >= 11 is 0. The Morgan fingerprint density at radius 2 is 2.10 bits per heavy atom. The zero-order valence-electron chi connectivity index (χ0n) is 18.6. The van der Waals surface area contributed by atoms with Crippen molar-refractivity contribution in [1.29, 1.82) is 0 Å². The van der Waals surface area contributed by atoms with Crippen molar-refractivity contribution in [3.05, 3.63) is 24.0 Å². The van der Waals surface area contributed by atoms with Crippen molar-refractivity contribution >= 4 is 41.5 Å². The maximum absolute atomic E-state index is 12.8. The van der Waals surface area contributed by atoms with Gasteiger partial charge < -0.3 is 24.4 Å². The molecule has 0 atom stereocenters. The molecular weight excluding hydrogens is 513 g/mol. The fourth-order valence-electron chi connectivity index (χ4n) is 3.20. The van der Waals surface area contributed by atoms with Gasteiger partial charge in [-0.15, -0.1) is 34.2 Å². The molecule has 1 N–H and O–H groups in total. The fourth-order valence-corrected chi connectivity index (χ4v) is 3.20. The molecule has 1 aliphatic heterocycles. The first-order valence-electron chi connectivity index (χ1n) is 10.2. The standard InChI is InChI=1S/C19H31N9O2.HI/c1-5-30-10-6-7-20-19(21-12-17-24-23-15(2)26(17)4)27-8-9-28(18(29)14-27)16-11-22-25(3)13-16;/h11,13H,5-10,12,14H2,1-4H3,(H,20,21);1H. The minimum absolute atomic E-state index is 0. The van der Waals surface area contributed by atoms with Gasteiger partial charge in [-0.1, -0.05) is 0 Å². The van der Waals surface area contributed by atoms with Crippen LogP contribution in [0.25, 0.3) is 0 Å². The van der Waals surface area contributed by atoms with Gasteiger partial charge in [0.25, 0.3) is 0 Å². The number of carbonyl (C=O) groups is 1. The van der Waals surface area contributed by atoms with Crippen molar-refractivity contribution in [2.75, 3.05) is 44.3 Å². The van der Waals surface area contributed by atoms with E-state index in [1.54, 1.807) is 15.8 Å². The van der Waals surface area contributed by atoms with Gasteiger partial charge in [0.1, 0.15) is 18.9 Å². The van der Waals surface area contributed by atoms with Crippen molar-refractivity contribution in [3.63, 3.8) is 0 Å². The molecule has 1 fully saturated rings. The Morgan fingerprint density at radius 1 is 1.29 bits per heavy atom. The molecule has 1 saturated heterocycles. The number of anilines is 1. The summed E-state index contributed by atoms with van der Waals surface area (Å²) in [5.41, 5.74) is 0.819. The molecule has 31 heavy (non-hydrogen) atoms. The molecule has 3 rings (SSSR count). The Hall–Kier alpha value is -2.22. The smallest absolute Gasteiger partial charge is 0.246 e. The van der Waals surface area contributed by atoms with Crippen LogP contribution in [0, 0.1) is 6.92 Å². The molecule has 1 amide bonds. The van der Waals surface area contributed by atoms with Crippen molar-refractivity contribution in [2.45, 2.75) is 26.8 Å². The Labute approximate surface area is 199 Å². The highest BCUT2D eigenvalue weighted by Gasteiger charge is 2.27. The molecule has 0 spiro atoms. The van der Waals surface area contributed by atoms with E-state index in [9.17, 15) is 4.79 Å². The number of nitrogens with zero attached hydrogens (tertiary/aromatic N) is 8. The second kappa shape index (κ2) is 12.0. The van der Waals surface area contributed by atoms with Crippen molar-refractivity contribution in [1.82, 2.24) is 34.8 Å². The zero-order chi connectivity index (χ0) is 21.5. The lowest BCUT2D eigenvalue weighted by Gasteiger charge is -2.35. The van der Waals surface area contributed by atoms with E-state index < -0.39 is 0 Å². The molecule has 12 heteroatoms. The third kappa shape index (κ3) is 6.63. The van der Waals surface area contributed by atoms with Gasteiger partial charge in [-0.05, 0) is 20.3 Å². The van der Waals surface area contributed by atoms with Crippen LogP contribution >= 0.6 is 24.0 Å². The maximum atomic E-state index is 12.8. The van der Waals surface area contributed by atoms with Gasteiger partial charge in [-0.3, -0.25) is 9.48 Å². The minimum atomic E-state index is 0. The largest absolute Gasteiger partial charge is 0.382 e. The second-order valence-electron chi connectivity index (χ2n) is 7.18. The molecule has 172 valence electrons. The van der Waals surface area contributed by atoms with Crippen molar-refractivity contribution < 1.29 is 9.53 Å². The average Bonchev–Trinajstić information content (AvgIpc) is 3.30. The third-order valence-corrected chi connectivity index (χ3v) is 5.03. The van der Waals surface area contributed by atoms with Crippen molar-refractivity contribution in [2.24, 2.45) is 19.1 Å². The number of hydrogen-bond donors (Lipinski definition) is 1. The summed E-state index contributed by atoms with van der Waals surface area (Å²) in [6, 6.07) is 0. The molecule has 0 bridgehead atoms. The number of amides is 1. The quantitative estimate of drug-likeness (QED) is 0.225. The number of guanidine groups is 1. The van der Waals surface area contributed by atoms with Crippen LogP contribution < -0.4 is 10.2 Å². The lowest BCUT2D eigenvalue weighted by molar-refractivity contribution is -0.120. The monoisotopic (exact) mass is 545 g/mol. The van der Waals surface area contributed by atoms with Gasteiger partial charge >= 0.3 is 0 Å². The van der Waals surface area contributed by atoms with Gasteiger partial charge in [0, 0.05) is 53.1 Å². The lowest BCUT2D eigenvalue weighted by Crippen LogP contribution is -2.55. The molecule has 0 saturated carbocycles. The summed E-state index contributed by atoms with van der Waals surface area (Å²) in [6.07, 6.45) is 4.43. The molecule has 11 nitrogen and oxygen atoms in total. The van der Waals surface area contributed by atoms with E-state index in [0.717, 1.165) is 23.8 Å². The average molecular weight is 545 g/mol. The summed E-state index contributed by atoms with van der Waals surface area (Å²) in [7, 11) is 3.76. The number of halogens is 1. The Bertz CT molecular complexity index is 880. The van der Waals surface area contributed by atoms with E-state index >= 15 is 0 Å². The lowest BCUT2D eigenvalue weighted by atomic mass is 10.3. The number of ether oxygens (including phenoxy) is 1. The van der Waals surface area contributed by atoms with Crippen LogP contribution in [-0.2, 0) is 30.2 Å². The molecule has 0 unspecified atom stereocenters. The first kappa shape index (κ1) is 25.0. The van der Waals surface area contributed by atoms with E-state index in [0.29, 0.717) is 45.4 Å². The van der Waals surface area contributed by atoms with Gasteiger partial charge in [0.15, 0.2) is 11.8 Å². The van der Waals surface area contributed by atoms with Crippen LogP contribution in [0.4, 0.5) is 5.69 Å². The molecule has 3 heterocycles. The van der Waals surface area contributed by atoms with E-state index in [4.69, 9.17) is 9.73 Å². The molecule has 0 aliphatic carbocycles. The SMILES string of the molecule is CCOCCCNC(=NCc1nnc(C)n1C)N1CCN(c2cnn(C)c2)C(=O)C1.I. The Kier molecular flexibility index (Phi) is 9.68. The predicted molar refractivity (Wildman–Crippen MR) is 129 cm³/mol. The van der Waals surface area contributed by atoms with Crippen LogP contribution in [-0.4, -0.2) is 80.7 Å². The van der Waals surface area contributed by atoms with Gasteiger partial charge in [-0.2, -0.15) is 5.10 Å². The van der Waals surface area contributed by atoms with E-state index in [1.807, 2.05) is 43.6 Å². The van der Waals surface area contributed by atoms with E-state index in [-0.39, 0.29) is 36.4 Å². The number of aryl methyl sites for hydroxylation is 2. The number of aromatic nitrogens is 5. The van der Waals surface area contributed by atoms with Gasteiger partial charge in [0.2, 0.25) is 5.91 Å². The molecule has 1 aliphatic rings. The summed E-state index contributed by atoms with van der Waals surface area (Å²) < 4.78 is 9.02. The summed E-state index contributed by atoms with van der Waals surface area (Å²) in [5, 5.41) is 15.8. The highest BCUT2D eigenvalue weighted by Crippen LogP contribution is 2.16. The number of carbonyl (C=O) groups excluding carboxylic acids is 1. The Balaban J connectivity index is 0.00000341. The fraction of sp³-hybridized carbons (Fsp3) is 0.632. The normalized spacial score (nSPS) is 14.7.